The first-order valence-corrected chi connectivity index (χ1v) is 8.21. The van der Waals surface area contributed by atoms with Gasteiger partial charge in [0.2, 0.25) is 5.91 Å². The van der Waals surface area contributed by atoms with Crippen molar-refractivity contribution in [2.45, 2.75) is 46.6 Å². The van der Waals surface area contributed by atoms with Crippen molar-refractivity contribution in [1.29, 1.82) is 0 Å². The Morgan fingerprint density at radius 1 is 1.33 bits per heavy atom. The third-order valence-corrected chi connectivity index (χ3v) is 5.34. The third-order valence-electron chi connectivity index (χ3n) is 4.36. The van der Waals surface area contributed by atoms with Crippen molar-refractivity contribution in [3.05, 3.63) is 21.4 Å². The maximum absolute atomic E-state index is 12.4. The van der Waals surface area contributed by atoms with E-state index < -0.39 is 17.8 Å². The van der Waals surface area contributed by atoms with Crippen molar-refractivity contribution in [2.24, 2.45) is 17.8 Å². The number of nitrogens with one attached hydrogen (secondary N) is 1. The van der Waals surface area contributed by atoms with Crippen LogP contribution < -0.4 is 5.32 Å². The molecular weight excluding hydrogens is 286 g/mol. The van der Waals surface area contributed by atoms with Crippen LogP contribution >= 0.6 is 11.3 Å². The first kappa shape index (κ1) is 16.0. The van der Waals surface area contributed by atoms with E-state index in [0.29, 0.717) is 18.8 Å². The normalized spacial score (nSPS) is 26.6. The standard InChI is InChI=1S/C16H23NO3S/c1-8-5-13(14(6-8)16(19)20)15(18)17-10(3)12-7-9(2)21-11(12)4/h7-8,10,13-14H,5-6H2,1-4H3,(H,17,18)(H,19,20)/t8?,10?,13-,14+/m0/s1. The van der Waals surface area contributed by atoms with Gasteiger partial charge in [0.25, 0.3) is 0 Å². The lowest BCUT2D eigenvalue weighted by atomic mass is 9.94. The summed E-state index contributed by atoms with van der Waals surface area (Å²) in [6.45, 7) is 8.07. The van der Waals surface area contributed by atoms with Gasteiger partial charge in [-0.15, -0.1) is 11.3 Å². The van der Waals surface area contributed by atoms with E-state index in [9.17, 15) is 14.7 Å². The largest absolute Gasteiger partial charge is 0.481 e. The zero-order chi connectivity index (χ0) is 15.7. The number of thiophene rings is 1. The molecule has 5 heteroatoms. The number of aryl methyl sites for hydroxylation is 2. The average Bonchev–Trinajstić information content (AvgIpc) is 2.92. The van der Waals surface area contributed by atoms with Gasteiger partial charge in [0, 0.05) is 9.75 Å². The molecule has 0 aromatic carbocycles. The minimum Gasteiger partial charge on any atom is -0.481 e. The Kier molecular flexibility index (Phi) is 4.71. The summed E-state index contributed by atoms with van der Waals surface area (Å²) >= 11 is 1.72. The molecule has 0 radical (unpaired) electrons. The van der Waals surface area contributed by atoms with Gasteiger partial charge in [0.05, 0.1) is 17.9 Å². The lowest BCUT2D eigenvalue weighted by molar-refractivity contribution is -0.146. The molecule has 1 aromatic rings. The lowest BCUT2D eigenvalue weighted by Gasteiger charge is -2.20. The Balaban J connectivity index is 2.07. The quantitative estimate of drug-likeness (QED) is 0.897. The second kappa shape index (κ2) is 6.18. The number of hydrogen-bond donors (Lipinski definition) is 2. The minimum absolute atomic E-state index is 0.0761. The Morgan fingerprint density at radius 3 is 2.48 bits per heavy atom. The molecule has 1 aliphatic rings. The molecule has 2 N–H and O–H groups in total. The van der Waals surface area contributed by atoms with Crippen molar-refractivity contribution in [2.75, 3.05) is 0 Å². The Morgan fingerprint density at radius 2 is 1.95 bits per heavy atom. The zero-order valence-corrected chi connectivity index (χ0v) is 13.8. The number of amides is 1. The van der Waals surface area contributed by atoms with Gasteiger partial charge in [-0.1, -0.05) is 6.92 Å². The van der Waals surface area contributed by atoms with Gasteiger partial charge in [0.1, 0.15) is 0 Å². The molecule has 4 atom stereocenters. The smallest absolute Gasteiger partial charge is 0.307 e. The van der Waals surface area contributed by atoms with Crippen LogP contribution in [-0.2, 0) is 9.59 Å². The highest BCUT2D eigenvalue weighted by molar-refractivity contribution is 7.12. The Labute approximate surface area is 129 Å². The predicted molar refractivity (Wildman–Crippen MR) is 83.4 cm³/mol. The molecule has 1 fully saturated rings. The van der Waals surface area contributed by atoms with Crippen molar-refractivity contribution >= 4 is 23.2 Å². The maximum atomic E-state index is 12.4. The summed E-state index contributed by atoms with van der Waals surface area (Å²) < 4.78 is 0. The van der Waals surface area contributed by atoms with Crippen molar-refractivity contribution in [3.8, 4) is 0 Å². The second-order valence-electron chi connectivity index (χ2n) is 6.23. The molecule has 0 aliphatic heterocycles. The Hall–Kier alpha value is -1.36. The van der Waals surface area contributed by atoms with Crippen molar-refractivity contribution < 1.29 is 14.7 Å². The summed E-state index contributed by atoms with van der Waals surface area (Å²) in [5.74, 6) is -1.63. The molecule has 2 unspecified atom stereocenters. The molecule has 1 heterocycles. The van der Waals surface area contributed by atoms with Crippen LogP contribution in [0.1, 0.15) is 48.0 Å². The number of carbonyl (C=O) groups excluding carboxylic acids is 1. The number of aliphatic carboxylic acids is 1. The number of carboxylic acids is 1. The summed E-state index contributed by atoms with van der Waals surface area (Å²) in [4.78, 5) is 26.2. The van der Waals surface area contributed by atoms with Gasteiger partial charge in [-0.25, -0.2) is 0 Å². The number of hydrogen-bond acceptors (Lipinski definition) is 3. The summed E-state index contributed by atoms with van der Waals surface area (Å²) in [5, 5.41) is 12.3. The molecule has 1 aromatic heterocycles. The van der Waals surface area contributed by atoms with E-state index in [2.05, 4.69) is 18.3 Å². The first-order valence-electron chi connectivity index (χ1n) is 7.39. The van der Waals surface area contributed by atoms with E-state index in [1.165, 1.54) is 9.75 Å². The summed E-state index contributed by atoms with van der Waals surface area (Å²) in [7, 11) is 0. The number of carbonyl (C=O) groups is 2. The topological polar surface area (TPSA) is 66.4 Å². The summed E-state index contributed by atoms with van der Waals surface area (Å²) in [6.07, 6.45) is 1.26. The molecule has 21 heavy (non-hydrogen) atoms. The summed E-state index contributed by atoms with van der Waals surface area (Å²) in [6, 6.07) is 2.02. The highest BCUT2D eigenvalue weighted by Gasteiger charge is 2.41. The van der Waals surface area contributed by atoms with Crippen molar-refractivity contribution in [3.63, 3.8) is 0 Å². The molecule has 0 spiro atoms. The summed E-state index contributed by atoms with van der Waals surface area (Å²) in [5.41, 5.74) is 1.13. The van der Waals surface area contributed by atoms with Crippen LogP contribution in [0.5, 0.6) is 0 Å². The molecule has 2 rings (SSSR count). The molecular formula is C16H23NO3S. The number of rotatable bonds is 4. The second-order valence-corrected chi connectivity index (χ2v) is 7.69. The molecule has 0 saturated heterocycles. The van der Waals surface area contributed by atoms with Crippen LogP contribution in [0.25, 0.3) is 0 Å². The third kappa shape index (κ3) is 3.46. The van der Waals surface area contributed by atoms with Gasteiger partial charge in [-0.2, -0.15) is 0 Å². The van der Waals surface area contributed by atoms with Gasteiger partial charge in [0.15, 0.2) is 0 Å². The molecule has 116 valence electrons. The van der Waals surface area contributed by atoms with E-state index in [1.807, 2.05) is 20.8 Å². The van der Waals surface area contributed by atoms with E-state index in [-0.39, 0.29) is 11.9 Å². The monoisotopic (exact) mass is 309 g/mol. The number of carboxylic acid groups (broad SMARTS) is 1. The Bertz CT molecular complexity index is 552. The fraction of sp³-hybridized carbons (Fsp3) is 0.625. The van der Waals surface area contributed by atoms with Crippen LogP contribution in [0.4, 0.5) is 0 Å². The van der Waals surface area contributed by atoms with E-state index in [1.54, 1.807) is 11.3 Å². The maximum Gasteiger partial charge on any atom is 0.307 e. The minimum atomic E-state index is -0.852. The fourth-order valence-corrected chi connectivity index (χ4v) is 4.36. The first-order chi connectivity index (χ1) is 9.79. The molecule has 0 bridgehead atoms. The lowest BCUT2D eigenvalue weighted by Crippen LogP contribution is -2.36. The van der Waals surface area contributed by atoms with Gasteiger partial charge in [-0.3, -0.25) is 9.59 Å². The van der Waals surface area contributed by atoms with Crippen LogP contribution in [-0.4, -0.2) is 17.0 Å². The van der Waals surface area contributed by atoms with Crippen molar-refractivity contribution in [1.82, 2.24) is 5.32 Å². The van der Waals surface area contributed by atoms with Gasteiger partial charge in [-0.05, 0) is 51.2 Å². The van der Waals surface area contributed by atoms with Gasteiger partial charge < -0.3 is 10.4 Å². The fourth-order valence-electron chi connectivity index (χ4n) is 3.33. The highest BCUT2D eigenvalue weighted by atomic mass is 32.1. The van der Waals surface area contributed by atoms with Crippen LogP contribution in [0.15, 0.2) is 6.07 Å². The SMILES string of the molecule is Cc1cc(C(C)NC(=O)[C@H]2CC(C)C[C@H]2C(=O)O)c(C)s1. The van der Waals surface area contributed by atoms with E-state index in [0.717, 1.165) is 5.56 Å². The van der Waals surface area contributed by atoms with Gasteiger partial charge >= 0.3 is 5.97 Å². The van der Waals surface area contributed by atoms with E-state index in [4.69, 9.17) is 0 Å². The van der Waals surface area contributed by atoms with Crippen LogP contribution in [0.3, 0.4) is 0 Å². The zero-order valence-electron chi connectivity index (χ0n) is 13.0. The average molecular weight is 309 g/mol. The molecule has 1 amide bonds. The highest BCUT2D eigenvalue weighted by Crippen LogP contribution is 2.37. The van der Waals surface area contributed by atoms with Crippen LogP contribution in [0.2, 0.25) is 0 Å². The van der Waals surface area contributed by atoms with E-state index >= 15 is 0 Å². The molecule has 1 aliphatic carbocycles. The predicted octanol–water partition coefficient (Wildman–Crippen LogP) is 3.29. The molecule has 1 saturated carbocycles. The van der Waals surface area contributed by atoms with Crippen LogP contribution in [0, 0.1) is 31.6 Å². The molecule has 4 nitrogen and oxygen atoms in total.